The van der Waals surface area contributed by atoms with Crippen LogP contribution in [0.3, 0.4) is 0 Å². The van der Waals surface area contributed by atoms with Gasteiger partial charge < -0.3 is 15.2 Å². The van der Waals surface area contributed by atoms with Gasteiger partial charge >= 0.3 is 0 Å². The second kappa shape index (κ2) is 5.08. The summed E-state index contributed by atoms with van der Waals surface area (Å²) in [4.78, 5) is 2.54. The Morgan fingerprint density at radius 1 is 1.17 bits per heavy atom. The van der Waals surface area contributed by atoms with E-state index in [0.29, 0.717) is 12.1 Å². The van der Waals surface area contributed by atoms with Crippen molar-refractivity contribution in [2.75, 3.05) is 26.8 Å². The summed E-state index contributed by atoms with van der Waals surface area (Å²) < 4.78 is 11.6. The minimum atomic E-state index is -0.227. The lowest BCUT2D eigenvalue weighted by atomic mass is 9.88. The van der Waals surface area contributed by atoms with Crippen LogP contribution in [0.15, 0.2) is 0 Å². The average molecular weight is 254 g/mol. The van der Waals surface area contributed by atoms with Crippen LogP contribution in [0.4, 0.5) is 0 Å². The summed E-state index contributed by atoms with van der Waals surface area (Å²) in [6.07, 6.45) is 7.19. The van der Waals surface area contributed by atoms with Gasteiger partial charge in [-0.1, -0.05) is 0 Å². The zero-order valence-corrected chi connectivity index (χ0v) is 11.4. The molecule has 1 atom stereocenters. The molecule has 0 radical (unpaired) electrons. The summed E-state index contributed by atoms with van der Waals surface area (Å²) in [6.45, 7) is 2.35. The molecule has 3 fully saturated rings. The first kappa shape index (κ1) is 12.9. The van der Waals surface area contributed by atoms with Crippen LogP contribution in [0.25, 0.3) is 0 Å². The maximum absolute atomic E-state index is 5.95. The third kappa shape index (κ3) is 2.44. The van der Waals surface area contributed by atoms with Gasteiger partial charge in [-0.3, -0.25) is 4.90 Å². The minimum Gasteiger partial charge on any atom is -0.348 e. The van der Waals surface area contributed by atoms with Crippen molar-refractivity contribution < 1.29 is 9.47 Å². The quantitative estimate of drug-likeness (QED) is 0.822. The summed E-state index contributed by atoms with van der Waals surface area (Å²) in [6, 6.07) is 1.26. The van der Waals surface area contributed by atoms with Crippen LogP contribution in [-0.2, 0) is 9.47 Å². The highest BCUT2D eigenvalue weighted by Crippen LogP contribution is 2.40. The summed E-state index contributed by atoms with van der Waals surface area (Å²) in [5.41, 5.74) is 5.95. The molecule has 0 aromatic rings. The lowest BCUT2D eigenvalue weighted by Gasteiger charge is -2.41. The molecule has 0 aromatic carbocycles. The molecule has 1 saturated heterocycles. The van der Waals surface area contributed by atoms with Gasteiger partial charge in [0.2, 0.25) is 0 Å². The Labute approximate surface area is 110 Å². The number of likely N-dealkylation sites (N-methyl/N-ethyl adjacent to an activating group) is 1. The number of rotatable bonds is 4. The van der Waals surface area contributed by atoms with Crippen LogP contribution in [0, 0.1) is 5.92 Å². The molecule has 18 heavy (non-hydrogen) atoms. The van der Waals surface area contributed by atoms with Gasteiger partial charge in [0.15, 0.2) is 5.79 Å². The van der Waals surface area contributed by atoms with Crippen molar-refractivity contribution >= 4 is 0 Å². The SMILES string of the molecule is CN(C1CCC2(CC1)OCCO2)C(CN)C1CC1. The van der Waals surface area contributed by atoms with Crippen LogP contribution in [0.2, 0.25) is 0 Å². The third-order valence-corrected chi connectivity index (χ3v) is 5.04. The Morgan fingerprint density at radius 2 is 1.78 bits per heavy atom. The fourth-order valence-electron chi connectivity index (χ4n) is 3.68. The predicted octanol–water partition coefficient (Wildman–Crippen LogP) is 1.34. The lowest BCUT2D eigenvalue weighted by molar-refractivity contribution is -0.184. The summed E-state index contributed by atoms with van der Waals surface area (Å²) >= 11 is 0. The van der Waals surface area contributed by atoms with Crippen molar-refractivity contribution in [3.8, 4) is 0 Å². The van der Waals surface area contributed by atoms with E-state index in [2.05, 4.69) is 11.9 Å². The number of nitrogens with zero attached hydrogens (tertiary/aromatic N) is 1. The van der Waals surface area contributed by atoms with Crippen molar-refractivity contribution in [1.29, 1.82) is 0 Å². The highest BCUT2D eigenvalue weighted by atomic mass is 16.7. The second-order valence-electron chi connectivity index (χ2n) is 6.14. The Morgan fingerprint density at radius 3 is 2.28 bits per heavy atom. The van der Waals surface area contributed by atoms with Crippen molar-refractivity contribution in [1.82, 2.24) is 4.90 Å². The third-order valence-electron chi connectivity index (χ3n) is 5.04. The number of ether oxygens (including phenoxy) is 2. The van der Waals surface area contributed by atoms with E-state index < -0.39 is 0 Å². The fraction of sp³-hybridized carbons (Fsp3) is 1.00. The predicted molar refractivity (Wildman–Crippen MR) is 70.2 cm³/mol. The van der Waals surface area contributed by atoms with Crippen molar-refractivity contribution in [2.45, 2.75) is 56.4 Å². The summed E-state index contributed by atoms with van der Waals surface area (Å²) in [5, 5.41) is 0. The molecule has 2 aliphatic carbocycles. The zero-order chi connectivity index (χ0) is 12.6. The van der Waals surface area contributed by atoms with E-state index >= 15 is 0 Å². The average Bonchev–Trinajstić information content (AvgIpc) is 3.13. The van der Waals surface area contributed by atoms with Gasteiger partial charge in [0.1, 0.15) is 0 Å². The van der Waals surface area contributed by atoms with Gasteiger partial charge in [-0.2, -0.15) is 0 Å². The molecule has 104 valence electrons. The summed E-state index contributed by atoms with van der Waals surface area (Å²) in [5.74, 6) is 0.629. The van der Waals surface area contributed by atoms with Crippen molar-refractivity contribution in [3.63, 3.8) is 0 Å². The topological polar surface area (TPSA) is 47.7 Å². The maximum atomic E-state index is 5.95. The van der Waals surface area contributed by atoms with Gasteiger partial charge in [0, 0.05) is 31.5 Å². The molecule has 1 aliphatic heterocycles. The van der Waals surface area contributed by atoms with Gasteiger partial charge in [-0.25, -0.2) is 0 Å². The first-order valence-electron chi connectivity index (χ1n) is 7.44. The molecular formula is C14H26N2O2. The molecule has 1 heterocycles. The van der Waals surface area contributed by atoms with Crippen LogP contribution in [0.1, 0.15) is 38.5 Å². The first-order chi connectivity index (χ1) is 8.74. The Bertz CT molecular complexity index is 278. The molecule has 3 aliphatic rings. The van der Waals surface area contributed by atoms with Gasteiger partial charge in [0.05, 0.1) is 13.2 Å². The molecule has 1 unspecified atom stereocenters. The van der Waals surface area contributed by atoms with E-state index in [1.807, 2.05) is 0 Å². The van der Waals surface area contributed by atoms with Gasteiger partial charge in [-0.05, 0) is 38.6 Å². The zero-order valence-electron chi connectivity index (χ0n) is 11.4. The largest absolute Gasteiger partial charge is 0.348 e. The second-order valence-corrected chi connectivity index (χ2v) is 6.14. The molecule has 4 heteroatoms. The lowest BCUT2D eigenvalue weighted by Crippen LogP contribution is -2.49. The van der Waals surface area contributed by atoms with E-state index in [-0.39, 0.29) is 5.79 Å². The van der Waals surface area contributed by atoms with Gasteiger partial charge in [-0.15, -0.1) is 0 Å². The molecule has 2 N–H and O–H groups in total. The fourth-order valence-corrected chi connectivity index (χ4v) is 3.68. The molecule has 2 saturated carbocycles. The highest BCUT2D eigenvalue weighted by molar-refractivity contribution is 4.93. The molecule has 0 bridgehead atoms. The van der Waals surface area contributed by atoms with Crippen LogP contribution in [-0.4, -0.2) is 49.6 Å². The van der Waals surface area contributed by atoms with E-state index in [1.165, 1.54) is 25.7 Å². The molecule has 0 amide bonds. The Kier molecular flexibility index (Phi) is 3.63. The smallest absolute Gasteiger partial charge is 0.168 e. The number of hydrogen-bond acceptors (Lipinski definition) is 4. The monoisotopic (exact) mass is 254 g/mol. The van der Waals surface area contributed by atoms with Crippen LogP contribution < -0.4 is 5.73 Å². The normalized spacial score (nSPS) is 30.2. The molecule has 4 nitrogen and oxygen atoms in total. The minimum absolute atomic E-state index is 0.227. The van der Waals surface area contributed by atoms with Crippen LogP contribution >= 0.6 is 0 Å². The van der Waals surface area contributed by atoms with Crippen molar-refractivity contribution in [3.05, 3.63) is 0 Å². The first-order valence-corrected chi connectivity index (χ1v) is 7.44. The van der Waals surface area contributed by atoms with E-state index in [1.54, 1.807) is 0 Å². The Hall–Kier alpha value is -0.160. The van der Waals surface area contributed by atoms with Crippen LogP contribution in [0.5, 0.6) is 0 Å². The maximum Gasteiger partial charge on any atom is 0.168 e. The van der Waals surface area contributed by atoms with Crippen molar-refractivity contribution in [2.24, 2.45) is 11.7 Å². The molecule has 3 rings (SSSR count). The highest BCUT2D eigenvalue weighted by Gasteiger charge is 2.43. The summed E-state index contributed by atoms with van der Waals surface area (Å²) in [7, 11) is 2.26. The standard InChI is InChI=1S/C14H26N2O2/c1-16(13(10-15)11-2-3-11)12-4-6-14(7-5-12)17-8-9-18-14/h11-13H,2-10,15H2,1H3. The van der Waals surface area contributed by atoms with E-state index in [9.17, 15) is 0 Å². The molecular weight excluding hydrogens is 228 g/mol. The number of hydrogen-bond donors (Lipinski definition) is 1. The number of nitrogens with two attached hydrogens (primary N) is 1. The van der Waals surface area contributed by atoms with E-state index in [0.717, 1.165) is 38.5 Å². The molecule has 0 aromatic heterocycles. The van der Waals surface area contributed by atoms with E-state index in [4.69, 9.17) is 15.2 Å². The molecule has 1 spiro atoms. The van der Waals surface area contributed by atoms with Gasteiger partial charge in [0.25, 0.3) is 0 Å². The Balaban J connectivity index is 1.54.